The van der Waals surface area contributed by atoms with Crippen LogP contribution in [0.1, 0.15) is 22.0 Å². The molecule has 2 N–H and O–H groups in total. The molecule has 0 bridgehead atoms. The summed E-state index contributed by atoms with van der Waals surface area (Å²) in [5, 5.41) is 7.07. The molecular weight excluding hydrogens is 276 g/mol. The molecule has 0 aliphatic rings. The van der Waals surface area contributed by atoms with Gasteiger partial charge >= 0.3 is 11.8 Å². The van der Waals surface area contributed by atoms with Gasteiger partial charge in [0.25, 0.3) is 0 Å². The van der Waals surface area contributed by atoms with Crippen molar-refractivity contribution in [2.75, 3.05) is 0 Å². The average Bonchev–Trinajstić information content (AvgIpc) is 3.03. The summed E-state index contributed by atoms with van der Waals surface area (Å²) in [5.74, 6) is 0.270. The average molecular weight is 292 g/mol. The number of thiophene rings is 1. The van der Waals surface area contributed by atoms with Gasteiger partial charge in [0.2, 0.25) is 0 Å². The second kappa shape index (κ2) is 6.38. The molecule has 0 aromatic carbocycles. The summed E-state index contributed by atoms with van der Waals surface area (Å²) in [4.78, 5) is 24.3. The van der Waals surface area contributed by atoms with Crippen LogP contribution in [0.15, 0.2) is 28.0 Å². The molecule has 2 aromatic heterocycles. The fraction of sp³-hybridized carbons (Fsp3) is 0.286. The van der Waals surface area contributed by atoms with Crippen LogP contribution in [0, 0.1) is 13.8 Å². The second-order valence-electron chi connectivity index (χ2n) is 4.38. The smallest absolute Gasteiger partial charge is 0.309 e. The number of carbonyl (C=O) groups excluding carboxylic acids is 2. The van der Waals surface area contributed by atoms with E-state index in [0.717, 1.165) is 22.0 Å². The minimum Gasteiger partial charge on any atom is -0.466 e. The van der Waals surface area contributed by atoms with E-state index in [4.69, 9.17) is 4.42 Å². The zero-order valence-corrected chi connectivity index (χ0v) is 12.2. The largest absolute Gasteiger partial charge is 0.466 e. The first kappa shape index (κ1) is 14.3. The summed E-state index contributed by atoms with van der Waals surface area (Å²) >= 11 is 1.53. The van der Waals surface area contributed by atoms with Crippen LogP contribution in [0.25, 0.3) is 0 Å². The van der Waals surface area contributed by atoms with E-state index in [1.807, 2.05) is 37.4 Å². The van der Waals surface area contributed by atoms with Gasteiger partial charge < -0.3 is 15.1 Å². The first-order valence-corrected chi connectivity index (χ1v) is 7.08. The molecule has 0 saturated heterocycles. The lowest BCUT2D eigenvalue weighted by molar-refractivity contribution is -0.139. The molecule has 0 unspecified atom stereocenters. The summed E-state index contributed by atoms with van der Waals surface area (Å²) in [6.45, 7) is 4.32. The summed E-state index contributed by atoms with van der Waals surface area (Å²) in [5.41, 5.74) is 0.877. The van der Waals surface area contributed by atoms with Crippen LogP contribution in [0.3, 0.4) is 0 Å². The molecular formula is C14H16N2O3S. The van der Waals surface area contributed by atoms with Gasteiger partial charge in [0.05, 0.1) is 6.54 Å². The molecule has 0 spiro atoms. The Kier molecular flexibility index (Phi) is 4.57. The Morgan fingerprint density at radius 2 is 1.90 bits per heavy atom. The lowest BCUT2D eigenvalue weighted by atomic mass is 10.2. The van der Waals surface area contributed by atoms with E-state index in [2.05, 4.69) is 10.6 Å². The Bertz CT molecular complexity index is 602. The van der Waals surface area contributed by atoms with Crippen molar-refractivity contribution in [1.29, 1.82) is 0 Å². The third-order valence-electron chi connectivity index (χ3n) is 2.79. The maximum atomic E-state index is 11.6. The van der Waals surface area contributed by atoms with E-state index >= 15 is 0 Å². The van der Waals surface area contributed by atoms with Crippen molar-refractivity contribution in [1.82, 2.24) is 10.6 Å². The lowest BCUT2D eigenvalue weighted by Crippen LogP contribution is -2.39. The highest BCUT2D eigenvalue weighted by Crippen LogP contribution is 2.13. The number of aryl methyl sites for hydroxylation is 2. The maximum Gasteiger partial charge on any atom is 0.309 e. The van der Waals surface area contributed by atoms with Gasteiger partial charge in [0, 0.05) is 17.0 Å². The van der Waals surface area contributed by atoms with Gasteiger partial charge in [0.15, 0.2) is 0 Å². The van der Waals surface area contributed by atoms with Crippen molar-refractivity contribution < 1.29 is 14.0 Å². The van der Waals surface area contributed by atoms with Crippen molar-refractivity contribution in [2.24, 2.45) is 0 Å². The summed E-state index contributed by atoms with van der Waals surface area (Å²) < 4.78 is 5.35. The molecule has 106 valence electrons. The number of furan rings is 1. The third-order valence-corrected chi connectivity index (χ3v) is 3.67. The number of carbonyl (C=O) groups is 2. The number of hydrogen-bond donors (Lipinski definition) is 2. The molecule has 2 heterocycles. The highest BCUT2D eigenvalue weighted by atomic mass is 32.1. The Labute approximate surface area is 121 Å². The number of nitrogens with one attached hydrogen (secondary N) is 2. The van der Waals surface area contributed by atoms with Crippen molar-refractivity contribution >= 4 is 23.2 Å². The summed E-state index contributed by atoms with van der Waals surface area (Å²) in [6.07, 6.45) is 0. The van der Waals surface area contributed by atoms with E-state index in [0.29, 0.717) is 6.54 Å². The highest BCUT2D eigenvalue weighted by Gasteiger charge is 2.14. The second-order valence-corrected chi connectivity index (χ2v) is 5.42. The lowest BCUT2D eigenvalue weighted by Gasteiger charge is -2.05. The Balaban J connectivity index is 1.79. The van der Waals surface area contributed by atoms with E-state index < -0.39 is 11.8 Å². The molecule has 2 rings (SSSR count). The Morgan fingerprint density at radius 1 is 1.20 bits per heavy atom. The van der Waals surface area contributed by atoms with E-state index in [-0.39, 0.29) is 6.54 Å². The standard InChI is InChI=1S/C14H16N2O3S/c1-9-6-11(10(2)19-9)7-15-13(17)14(18)16-8-12-4-3-5-20-12/h3-6H,7-8H2,1-2H3,(H,15,17)(H,16,18). The SMILES string of the molecule is Cc1cc(CNC(=O)C(=O)NCc2cccs2)c(C)o1. The molecule has 2 aromatic rings. The normalized spacial score (nSPS) is 10.3. The zero-order chi connectivity index (χ0) is 14.5. The quantitative estimate of drug-likeness (QED) is 0.845. The van der Waals surface area contributed by atoms with Crippen molar-refractivity contribution in [3.8, 4) is 0 Å². The molecule has 0 aliphatic carbocycles. The molecule has 5 nitrogen and oxygen atoms in total. The van der Waals surface area contributed by atoms with Gasteiger partial charge in [-0.05, 0) is 31.4 Å². The van der Waals surface area contributed by atoms with Crippen molar-refractivity contribution in [3.05, 3.63) is 45.5 Å². The predicted octanol–water partition coefficient (Wildman–Crippen LogP) is 1.89. The molecule has 0 saturated carbocycles. The monoisotopic (exact) mass is 292 g/mol. The van der Waals surface area contributed by atoms with Gasteiger partial charge in [0.1, 0.15) is 11.5 Å². The van der Waals surface area contributed by atoms with Crippen LogP contribution in [0.2, 0.25) is 0 Å². The Hall–Kier alpha value is -2.08. The Morgan fingerprint density at radius 3 is 2.45 bits per heavy atom. The highest BCUT2D eigenvalue weighted by molar-refractivity contribution is 7.09. The first-order valence-electron chi connectivity index (χ1n) is 6.20. The van der Waals surface area contributed by atoms with Gasteiger partial charge in [-0.1, -0.05) is 6.07 Å². The number of rotatable bonds is 4. The topological polar surface area (TPSA) is 71.3 Å². The van der Waals surface area contributed by atoms with Crippen molar-refractivity contribution in [2.45, 2.75) is 26.9 Å². The fourth-order valence-electron chi connectivity index (χ4n) is 1.78. The van der Waals surface area contributed by atoms with E-state index in [1.165, 1.54) is 11.3 Å². The zero-order valence-electron chi connectivity index (χ0n) is 11.4. The van der Waals surface area contributed by atoms with Crippen LogP contribution in [-0.2, 0) is 22.7 Å². The molecule has 0 radical (unpaired) electrons. The molecule has 6 heteroatoms. The number of amides is 2. The van der Waals surface area contributed by atoms with Crippen LogP contribution in [0.5, 0.6) is 0 Å². The maximum absolute atomic E-state index is 11.6. The van der Waals surface area contributed by atoms with Gasteiger partial charge in [-0.2, -0.15) is 0 Å². The molecule has 20 heavy (non-hydrogen) atoms. The molecule has 0 aliphatic heterocycles. The van der Waals surface area contributed by atoms with E-state index in [1.54, 1.807) is 0 Å². The molecule has 0 fully saturated rings. The fourth-order valence-corrected chi connectivity index (χ4v) is 2.42. The first-order chi connectivity index (χ1) is 9.56. The number of hydrogen-bond acceptors (Lipinski definition) is 4. The minimum atomic E-state index is -0.639. The van der Waals surface area contributed by atoms with Crippen LogP contribution in [0.4, 0.5) is 0 Å². The molecule has 0 atom stereocenters. The van der Waals surface area contributed by atoms with Gasteiger partial charge in [-0.3, -0.25) is 9.59 Å². The van der Waals surface area contributed by atoms with Crippen LogP contribution >= 0.6 is 11.3 Å². The van der Waals surface area contributed by atoms with Gasteiger partial charge in [-0.15, -0.1) is 11.3 Å². The minimum absolute atomic E-state index is 0.286. The van der Waals surface area contributed by atoms with E-state index in [9.17, 15) is 9.59 Å². The van der Waals surface area contributed by atoms with Gasteiger partial charge in [-0.25, -0.2) is 0 Å². The summed E-state index contributed by atoms with van der Waals surface area (Å²) in [6, 6.07) is 5.65. The summed E-state index contributed by atoms with van der Waals surface area (Å²) in [7, 11) is 0. The van der Waals surface area contributed by atoms with Crippen LogP contribution < -0.4 is 10.6 Å². The molecule has 2 amide bonds. The predicted molar refractivity (Wildman–Crippen MR) is 76.2 cm³/mol. The van der Waals surface area contributed by atoms with Crippen molar-refractivity contribution in [3.63, 3.8) is 0 Å². The third kappa shape index (κ3) is 3.71. The van der Waals surface area contributed by atoms with Crippen LogP contribution in [-0.4, -0.2) is 11.8 Å².